The monoisotopic (exact) mass is 525 g/mol. The molecule has 1 aliphatic rings. The van der Waals surface area contributed by atoms with Crippen molar-refractivity contribution in [2.45, 2.75) is 43.7 Å². The number of fused-ring (bicyclic) bond motifs is 1. The Kier molecular flexibility index (Phi) is 7.39. The highest BCUT2D eigenvalue weighted by molar-refractivity contribution is 7.89. The number of halogens is 3. The molecule has 12 heteroatoms. The lowest BCUT2D eigenvalue weighted by Gasteiger charge is -2.24. The predicted octanol–water partition coefficient (Wildman–Crippen LogP) is 4.53. The summed E-state index contributed by atoms with van der Waals surface area (Å²) in [4.78, 5) is 11.4. The van der Waals surface area contributed by atoms with Crippen molar-refractivity contribution in [2.24, 2.45) is 0 Å². The number of hydrogen-bond donors (Lipinski definition) is 1. The molecule has 1 heterocycles. The van der Waals surface area contributed by atoms with Crippen LogP contribution in [0.25, 0.3) is 0 Å². The molecular weight excluding hydrogens is 504 g/mol. The summed E-state index contributed by atoms with van der Waals surface area (Å²) in [7, 11) is -4.23. The van der Waals surface area contributed by atoms with Crippen molar-refractivity contribution in [3.05, 3.63) is 70.5 Å². The first-order chi connectivity index (χ1) is 16.7. The number of nitrogens with one attached hydrogen (secondary N) is 1. The quantitative estimate of drug-likeness (QED) is 0.434. The van der Waals surface area contributed by atoms with E-state index < -0.39 is 38.6 Å². The minimum atomic E-state index is -4.23. The Balaban J connectivity index is 1.55. The van der Waals surface area contributed by atoms with Gasteiger partial charge in [-0.1, -0.05) is 11.6 Å². The van der Waals surface area contributed by atoms with Crippen molar-refractivity contribution in [1.82, 2.24) is 14.5 Å². The Morgan fingerprint density at radius 1 is 1.26 bits per heavy atom. The minimum absolute atomic E-state index is 0.0742. The van der Waals surface area contributed by atoms with E-state index in [2.05, 4.69) is 9.82 Å². The van der Waals surface area contributed by atoms with Crippen LogP contribution in [0.2, 0.25) is 5.02 Å². The van der Waals surface area contributed by atoms with Crippen molar-refractivity contribution in [3.63, 3.8) is 0 Å². The summed E-state index contributed by atoms with van der Waals surface area (Å²) in [5.41, 5.74) is 1.37. The molecule has 0 saturated carbocycles. The number of aromatic nitrogens is 2. The van der Waals surface area contributed by atoms with Crippen molar-refractivity contribution in [1.29, 1.82) is 0 Å². The SMILES string of the molecule is CCOC(=O)Cn1ncc2c1CCCC2NS(=O)(=O)c1cc(F)c(Oc2ccc(F)cc2)cc1Cl. The summed E-state index contributed by atoms with van der Waals surface area (Å²) in [6, 6.07) is 6.09. The average Bonchev–Trinajstić information content (AvgIpc) is 3.21. The molecule has 3 aromatic rings. The normalized spacial score (nSPS) is 15.5. The highest BCUT2D eigenvalue weighted by Gasteiger charge is 2.31. The van der Waals surface area contributed by atoms with E-state index in [1.54, 1.807) is 6.92 Å². The van der Waals surface area contributed by atoms with Crippen molar-refractivity contribution in [3.8, 4) is 11.5 Å². The maximum Gasteiger partial charge on any atom is 0.327 e. The Morgan fingerprint density at radius 2 is 2.00 bits per heavy atom. The summed E-state index contributed by atoms with van der Waals surface area (Å²) in [6.45, 7) is 1.88. The van der Waals surface area contributed by atoms with Crippen LogP contribution in [-0.2, 0) is 32.5 Å². The van der Waals surface area contributed by atoms with E-state index in [4.69, 9.17) is 21.1 Å². The Labute approximate surface area is 205 Å². The number of hydrogen-bond acceptors (Lipinski definition) is 6. The average molecular weight is 526 g/mol. The number of rotatable bonds is 8. The van der Waals surface area contributed by atoms with Gasteiger partial charge in [-0.2, -0.15) is 5.10 Å². The fourth-order valence-electron chi connectivity index (χ4n) is 3.88. The van der Waals surface area contributed by atoms with Gasteiger partial charge in [0.05, 0.1) is 23.9 Å². The van der Waals surface area contributed by atoms with Gasteiger partial charge in [0.15, 0.2) is 11.6 Å². The maximum absolute atomic E-state index is 14.7. The lowest BCUT2D eigenvalue weighted by molar-refractivity contribution is -0.144. The zero-order chi connectivity index (χ0) is 25.2. The Hall–Kier alpha value is -3.02. The highest BCUT2D eigenvalue weighted by Crippen LogP contribution is 2.35. The van der Waals surface area contributed by atoms with Crippen LogP contribution >= 0.6 is 11.6 Å². The number of benzene rings is 2. The molecule has 2 aromatic carbocycles. The second-order valence-electron chi connectivity index (χ2n) is 7.84. The number of carbonyl (C=O) groups is 1. The van der Waals surface area contributed by atoms with E-state index in [0.29, 0.717) is 24.8 Å². The summed E-state index contributed by atoms with van der Waals surface area (Å²) >= 11 is 6.19. The largest absolute Gasteiger partial charge is 0.465 e. The Morgan fingerprint density at radius 3 is 2.71 bits per heavy atom. The summed E-state index contributed by atoms with van der Waals surface area (Å²) < 4.78 is 68.4. The lowest BCUT2D eigenvalue weighted by atomic mass is 9.94. The van der Waals surface area contributed by atoms with Gasteiger partial charge >= 0.3 is 5.97 Å². The molecule has 8 nitrogen and oxygen atoms in total. The van der Waals surface area contributed by atoms with Crippen LogP contribution in [0.15, 0.2) is 47.5 Å². The number of nitrogens with zero attached hydrogens (tertiary/aromatic N) is 2. The van der Waals surface area contributed by atoms with Gasteiger partial charge < -0.3 is 9.47 Å². The van der Waals surface area contributed by atoms with Crippen molar-refractivity contribution in [2.75, 3.05) is 6.61 Å². The molecule has 1 aliphatic carbocycles. The molecule has 0 saturated heterocycles. The van der Waals surface area contributed by atoms with Gasteiger partial charge in [-0.25, -0.2) is 21.9 Å². The van der Waals surface area contributed by atoms with E-state index >= 15 is 0 Å². The third-order valence-electron chi connectivity index (χ3n) is 5.46. The van der Waals surface area contributed by atoms with Gasteiger partial charge in [0.2, 0.25) is 10.0 Å². The first-order valence-electron chi connectivity index (χ1n) is 10.8. The number of ether oxygens (including phenoxy) is 2. The molecule has 1 unspecified atom stereocenters. The van der Waals surface area contributed by atoms with Gasteiger partial charge in [-0.15, -0.1) is 0 Å². The van der Waals surface area contributed by atoms with Crippen LogP contribution in [-0.4, -0.2) is 30.8 Å². The second-order valence-corrected chi connectivity index (χ2v) is 9.93. The highest BCUT2D eigenvalue weighted by atomic mass is 35.5. The molecule has 35 heavy (non-hydrogen) atoms. The first-order valence-corrected chi connectivity index (χ1v) is 12.7. The van der Waals surface area contributed by atoms with Gasteiger partial charge in [-0.3, -0.25) is 9.48 Å². The fourth-order valence-corrected chi connectivity index (χ4v) is 5.66. The van der Waals surface area contributed by atoms with Crippen LogP contribution < -0.4 is 9.46 Å². The molecule has 0 fully saturated rings. The molecule has 0 radical (unpaired) electrons. The van der Waals surface area contributed by atoms with Gasteiger partial charge in [0.1, 0.15) is 23.0 Å². The third-order valence-corrected chi connectivity index (χ3v) is 7.40. The molecule has 0 aliphatic heterocycles. The molecule has 4 rings (SSSR count). The summed E-state index contributed by atoms with van der Waals surface area (Å²) in [5, 5.41) is 3.97. The van der Waals surface area contributed by atoms with Crippen molar-refractivity contribution >= 4 is 27.6 Å². The lowest BCUT2D eigenvalue weighted by Crippen LogP contribution is -2.31. The predicted molar refractivity (Wildman–Crippen MR) is 123 cm³/mol. The molecule has 186 valence electrons. The van der Waals surface area contributed by atoms with Crippen LogP contribution in [0.4, 0.5) is 8.78 Å². The minimum Gasteiger partial charge on any atom is -0.465 e. The molecule has 1 atom stereocenters. The van der Waals surface area contributed by atoms with Gasteiger partial charge in [0, 0.05) is 17.3 Å². The van der Waals surface area contributed by atoms with Crippen LogP contribution in [0.3, 0.4) is 0 Å². The first kappa shape index (κ1) is 25.1. The van der Waals surface area contributed by atoms with Crippen LogP contribution in [0.1, 0.15) is 37.1 Å². The molecule has 0 amide bonds. The summed E-state index contributed by atoms with van der Waals surface area (Å²) in [6.07, 6.45) is 3.28. The zero-order valence-electron chi connectivity index (χ0n) is 18.6. The molecular formula is C23H22ClF2N3O5S. The zero-order valence-corrected chi connectivity index (χ0v) is 20.2. The summed E-state index contributed by atoms with van der Waals surface area (Å²) in [5.74, 6) is -2.02. The van der Waals surface area contributed by atoms with E-state index in [1.165, 1.54) is 23.0 Å². The van der Waals surface area contributed by atoms with E-state index in [-0.39, 0.29) is 29.7 Å². The standard InChI is InChI=1S/C23H22ClF2N3O5S/c1-2-33-23(30)13-29-20-5-3-4-19(16(20)12-27-29)28-35(31,32)22-11-18(26)21(10-17(22)24)34-15-8-6-14(25)7-9-15/h6-12,19,28H,2-5,13H2,1H3. The molecule has 1 N–H and O–H groups in total. The number of carbonyl (C=O) groups excluding carboxylic acids is 1. The molecule has 0 bridgehead atoms. The van der Waals surface area contributed by atoms with Crippen molar-refractivity contribution < 1.29 is 31.5 Å². The number of sulfonamides is 1. The maximum atomic E-state index is 14.7. The Bertz CT molecular complexity index is 1350. The molecule has 1 aromatic heterocycles. The molecule has 0 spiro atoms. The van der Waals surface area contributed by atoms with Gasteiger partial charge in [-0.05, 0) is 56.5 Å². The van der Waals surface area contributed by atoms with E-state index in [9.17, 15) is 22.0 Å². The number of esters is 1. The third kappa shape index (κ3) is 5.63. The van der Waals surface area contributed by atoms with E-state index in [0.717, 1.165) is 30.0 Å². The van der Waals surface area contributed by atoms with Crippen LogP contribution in [0, 0.1) is 11.6 Å². The second kappa shape index (κ2) is 10.3. The smallest absolute Gasteiger partial charge is 0.327 e. The van der Waals surface area contributed by atoms with Gasteiger partial charge in [0.25, 0.3) is 0 Å². The topological polar surface area (TPSA) is 99.5 Å². The van der Waals surface area contributed by atoms with E-state index in [1.807, 2.05) is 0 Å². The van der Waals surface area contributed by atoms with Crippen LogP contribution in [0.5, 0.6) is 11.5 Å². The fraction of sp³-hybridized carbons (Fsp3) is 0.304.